The Balaban J connectivity index is 1.26. The van der Waals surface area contributed by atoms with Crippen molar-refractivity contribution in [2.75, 3.05) is 0 Å². The first-order valence-electron chi connectivity index (χ1n) is 19.7. The predicted octanol–water partition coefficient (Wildman–Crippen LogP) is 14.7. The molecule has 0 atom stereocenters. The Morgan fingerprint density at radius 3 is 1.03 bits per heavy atom. The third-order valence-corrected chi connectivity index (χ3v) is 15.2. The maximum atomic E-state index is 6.87. The van der Waals surface area contributed by atoms with Gasteiger partial charge >= 0.3 is 0 Å². The number of hydrogen-bond donors (Lipinski definition) is 0. The summed E-state index contributed by atoms with van der Waals surface area (Å²) in [6, 6.07) is 70.9. The van der Waals surface area contributed by atoms with Gasteiger partial charge in [0.15, 0.2) is 0 Å². The highest BCUT2D eigenvalue weighted by molar-refractivity contribution is 7.17. The van der Waals surface area contributed by atoms with Crippen LogP contribution in [0.2, 0.25) is 0 Å². The van der Waals surface area contributed by atoms with Gasteiger partial charge in [-0.25, -0.2) is 0 Å². The zero-order chi connectivity index (χ0) is 38.0. The molecule has 0 N–H and O–H groups in total. The number of benzene rings is 8. The molecule has 13 rings (SSSR count). The van der Waals surface area contributed by atoms with Crippen molar-refractivity contribution < 1.29 is 9.47 Å². The fraction of sp³-hybridized carbons (Fsp3) is 0.0370. The number of fused-ring (bicyclic) bond motifs is 16. The van der Waals surface area contributed by atoms with Crippen LogP contribution >= 0.6 is 22.7 Å². The first kappa shape index (κ1) is 32.4. The highest BCUT2D eigenvalue weighted by Crippen LogP contribution is 2.70. The molecule has 0 bridgehead atoms. The molecule has 0 unspecified atom stereocenters. The van der Waals surface area contributed by atoms with E-state index in [1.54, 1.807) is 0 Å². The Kier molecular flexibility index (Phi) is 6.64. The SMILES string of the molecule is c1ccc2c(c1)Oc1ccccc1C21c2cc(-c3cccc4ccccc34)sc2C2(c3ccccc3Oc3ccccc32)c2cc(-c3cccc4ccccc34)sc21. The minimum Gasteiger partial charge on any atom is -0.457 e. The molecule has 0 saturated heterocycles. The summed E-state index contributed by atoms with van der Waals surface area (Å²) in [6.07, 6.45) is 0. The topological polar surface area (TPSA) is 18.5 Å². The molecule has 4 heteroatoms. The summed E-state index contributed by atoms with van der Waals surface area (Å²) in [5, 5.41) is 4.97. The lowest BCUT2D eigenvalue weighted by Gasteiger charge is -2.50. The maximum absolute atomic E-state index is 6.87. The van der Waals surface area contributed by atoms with Crippen molar-refractivity contribution in [3.05, 3.63) is 237 Å². The van der Waals surface area contributed by atoms with Crippen LogP contribution in [0.25, 0.3) is 42.4 Å². The van der Waals surface area contributed by atoms with E-state index in [0.29, 0.717) is 0 Å². The van der Waals surface area contributed by atoms with E-state index in [1.165, 1.54) is 63.3 Å². The Labute approximate surface area is 343 Å². The van der Waals surface area contributed by atoms with Crippen LogP contribution in [0.3, 0.4) is 0 Å². The first-order chi connectivity index (χ1) is 28.7. The van der Waals surface area contributed by atoms with E-state index in [9.17, 15) is 0 Å². The van der Waals surface area contributed by atoms with E-state index in [2.05, 4.69) is 194 Å². The Morgan fingerprint density at radius 2 is 0.638 bits per heavy atom. The Bertz CT molecular complexity index is 2960. The molecule has 0 saturated carbocycles. The van der Waals surface area contributed by atoms with Gasteiger partial charge in [-0.15, -0.1) is 22.7 Å². The second kappa shape index (κ2) is 11.9. The third kappa shape index (κ3) is 4.11. The van der Waals surface area contributed by atoms with Crippen LogP contribution in [-0.4, -0.2) is 0 Å². The van der Waals surface area contributed by atoms with Crippen molar-refractivity contribution in [2.45, 2.75) is 10.8 Å². The molecule has 2 spiro atoms. The lowest BCUT2D eigenvalue weighted by molar-refractivity contribution is 0.418. The van der Waals surface area contributed by atoms with E-state index < -0.39 is 10.8 Å². The van der Waals surface area contributed by atoms with Crippen LogP contribution in [0.4, 0.5) is 0 Å². The minimum absolute atomic E-state index is 0.684. The highest BCUT2D eigenvalue weighted by Gasteiger charge is 2.61. The van der Waals surface area contributed by atoms with Gasteiger partial charge in [-0.3, -0.25) is 0 Å². The van der Waals surface area contributed by atoms with Crippen LogP contribution in [0.5, 0.6) is 23.0 Å². The maximum Gasteiger partial charge on any atom is 0.132 e. The second-order valence-electron chi connectivity index (χ2n) is 15.4. The number of ether oxygens (including phenoxy) is 2. The van der Waals surface area contributed by atoms with Crippen molar-refractivity contribution in [3.63, 3.8) is 0 Å². The van der Waals surface area contributed by atoms with Gasteiger partial charge in [-0.1, -0.05) is 158 Å². The van der Waals surface area contributed by atoms with Crippen molar-refractivity contribution in [1.29, 1.82) is 0 Å². The number of hydrogen-bond acceptors (Lipinski definition) is 4. The first-order valence-corrected chi connectivity index (χ1v) is 21.4. The second-order valence-corrected chi connectivity index (χ2v) is 17.6. The fourth-order valence-electron chi connectivity index (χ4n) is 10.3. The molecule has 2 aliphatic heterocycles. The quantitative estimate of drug-likeness (QED) is 0.174. The normalized spacial score (nSPS) is 14.8. The zero-order valence-corrected chi connectivity index (χ0v) is 32.7. The number of rotatable bonds is 2. The molecule has 0 fully saturated rings. The van der Waals surface area contributed by atoms with Crippen molar-refractivity contribution in [1.82, 2.24) is 0 Å². The molecule has 2 nitrogen and oxygen atoms in total. The van der Waals surface area contributed by atoms with E-state index in [4.69, 9.17) is 9.47 Å². The predicted molar refractivity (Wildman–Crippen MR) is 238 cm³/mol. The molecule has 1 aliphatic carbocycles. The Hall–Kier alpha value is -6.72. The summed E-state index contributed by atoms with van der Waals surface area (Å²) in [7, 11) is 0. The average Bonchev–Trinajstić information content (AvgIpc) is 3.94. The minimum atomic E-state index is -0.684. The average molecular weight is 777 g/mol. The standard InChI is InChI=1S/C54H32O2S2/c1-3-19-35-33(15-1)17-13-21-37(35)49-31-43-51(57-49)54(41-25-7-11-29-47(41)56-48-30-12-8-26-42(48)54)44-32-50(38-22-14-18-34-16-2-4-20-36(34)38)58-52(44)53(43)39-23-5-9-27-45(39)55-46-28-10-6-24-40(46)53/h1-32H. The number of para-hydroxylation sites is 4. The third-order valence-electron chi connectivity index (χ3n) is 12.7. The molecule has 10 aromatic rings. The summed E-state index contributed by atoms with van der Waals surface area (Å²) in [5.41, 5.74) is 8.33. The largest absolute Gasteiger partial charge is 0.457 e. The molecular weight excluding hydrogens is 745 g/mol. The molecule has 2 aromatic heterocycles. The molecule has 4 heterocycles. The summed E-state index contributed by atoms with van der Waals surface area (Å²) in [5.74, 6) is 3.55. The lowest BCUT2D eigenvalue weighted by Crippen LogP contribution is -2.45. The van der Waals surface area contributed by atoms with Crippen LogP contribution in [-0.2, 0) is 10.8 Å². The monoisotopic (exact) mass is 776 g/mol. The van der Waals surface area contributed by atoms with E-state index >= 15 is 0 Å². The van der Waals surface area contributed by atoms with Gasteiger partial charge in [0.25, 0.3) is 0 Å². The van der Waals surface area contributed by atoms with Gasteiger partial charge in [0, 0.05) is 41.8 Å². The van der Waals surface area contributed by atoms with Crippen molar-refractivity contribution in [2.24, 2.45) is 0 Å². The van der Waals surface area contributed by atoms with E-state index in [-0.39, 0.29) is 0 Å². The molecular formula is C54H32O2S2. The Morgan fingerprint density at radius 1 is 0.310 bits per heavy atom. The molecule has 272 valence electrons. The van der Waals surface area contributed by atoms with Crippen LogP contribution in [0.15, 0.2) is 194 Å². The summed E-state index contributed by atoms with van der Waals surface area (Å²) < 4.78 is 13.7. The highest BCUT2D eigenvalue weighted by atomic mass is 32.1. The molecule has 3 aliphatic rings. The van der Waals surface area contributed by atoms with Gasteiger partial charge in [-0.2, -0.15) is 0 Å². The van der Waals surface area contributed by atoms with Crippen LogP contribution < -0.4 is 9.47 Å². The van der Waals surface area contributed by atoms with Gasteiger partial charge in [0.2, 0.25) is 0 Å². The van der Waals surface area contributed by atoms with Gasteiger partial charge in [0.05, 0.1) is 10.8 Å². The van der Waals surface area contributed by atoms with Crippen molar-refractivity contribution >= 4 is 44.2 Å². The fourth-order valence-corrected chi connectivity index (χ4v) is 13.3. The molecule has 0 amide bonds. The summed E-state index contributed by atoms with van der Waals surface area (Å²) in [4.78, 5) is 5.10. The summed E-state index contributed by atoms with van der Waals surface area (Å²) in [6.45, 7) is 0. The number of thiophene rings is 2. The van der Waals surface area contributed by atoms with Crippen LogP contribution in [0.1, 0.15) is 43.1 Å². The van der Waals surface area contributed by atoms with E-state index in [1.807, 2.05) is 22.7 Å². The lowest BCUT2D eigenvalue weighted by atomic mass is 9.54. The van der Waals surface area contributed by atoms with Gasteiger partial charge in [-0.05, 0) is 80.2 Å². The smallest absolute Gasteiger partial charge is 0.132 e. The molecule has 8 aromatic carbocycles. The molecule has 0 radical (unpaired) electrons. The van der Waals surface area contributed by atoms with Crippen molar-refractivity contribution in [3.8, 4) is 43.9 Å². The van der Waals surface area contributed by atoms with Gasteiger partial charge in [0.1, 0.15) is 23.0 Å². The van der Waals surface area contributed by atoms with E-state index in [0.717, 1.165) is 45.3 Å². The molecule has 58 heavy (non-hydrogen) atoms. The zero-order valence-electron chi connectivity index (χ0n) is 31.1. The summed E-state index contributed by atoms with van der Waals surface area (Å²) >= 11 is 3.86. The van der Waals surface area contributed by atoms with Crippen LogP contribution in [0, 0.1) is 0 Å². The van der Waals surface area contributed by atoms with Gasteiger partial charge < -0.3 is 9.47 Å².